The first-order valence-corrected chi connectivity index (χ1v) is 8.23. The first-order chi connectivity index (χ1) is 11.4. The summed E-state index contributed by atoms with van der Waals surface area (Å²) in [5.74, 6) is -0.361. The van der Waals surface area contributed by atoms with E-state index in [-0.39, 0.29) is 24.8 Å². The molecule has 1 N–H and O–H groups in total. The molecule has 0 aliphatic rings. The van der Waals surface area contributed by atoms with Crippen LogP contribution in [-0.2, 0) is 9.59 Å². The third-order valence-electron chi connectivity index (χ3n) is 3.62. The molecule has 2 rings (SSSR count). The molecule has 4 nitrogen and oxygen atoms in total. The average Bonchev–Trinajstić information content (AvgIpc) is 2.53. The highest BCUT2D eigenvalue weighted by Gasteiger charge is 2.16. The minimum Gasteiger partial charge on any atom is -0.325 e. The van der Waals surface area contributed by atoms with Gasteiger partial charge in [-0.1, -0.05) is 41.4 Å². The van der Waals surface area contributed by atoms with Crippen LogP contribution in [0.4, 0.5) is 11.4 Å². The second-order valence-electron chi connectivity index (χ2n) is 5.33. The Hall–Kier alpha value is -2.04. The average molecular weight is 365 g/mol. The molecule has 0 fully saturated rings. The van der Waals surface area contributed by atoms with Crippen LogP contribution in [0.25, 0.3) is 0 Å². The maximum Gasteiger partial charge on any atom is 0.226 e. The monoisotopic (exact) mass is 364 g/mol. The lowest BCUT2D eigenvalue weighted by molar-refractivity contribution is -0.117. The Kier molecular flexibility index (Phi) is 6.23. The number of hydrogen-bond donors (Lipinski definition) is 1. The molecule has 0 atom stereocenters. The number of benzene rings is 2. The van der Waals surface area contributed by atoms with Crippen LogP contribution in [0, 0.1) is 6.92 Å². The molecule has 0 heterocycles. The Bertz CT molecular complexity index is 762. The highest BCUT2D eigenvalue weighted by Crippen LogP contribution is 2.27. The standard InChI is InChI=1S/C18H18Cl2N2O2/c1-12-14(19)7-5-9-17(12)22(13(2)23)11-10-18(24)21-16-8-4-3-6-15(16)20/h3-9H,10-11H2,1-2H3,(H,21,24). The summed E-state index contributed by atoms with van der Waals surface area (Å²) in [6.07, 6.45) is 0.150. The van der Waals surface area contributed by atoms with Gasteiger partial charge in [0.05, 0.1) is 10.7 Å². The molecule has 0 saturated carbocycles. The number of hydrogen-bond acceptors (Lipinski definition) is 2. The number of nitrogens with one attached hydrogen (secondary N) is 1. The third-order valence-corrected chi connectivity index (χ3v) is 4.36. The molecular formula is C18H18Cl2N2O2. The second kappa shape index (κ2) is 8.18. The van der Waals surface area contributed by atoms with Crippen molar-refractivity contribution < 1.29 is 9.59 Å². The van der Waals surface area contributed by atoms with Crippen molar-refractivity contribution in [3.63, 3.8) is 0 Å². The Balaban J connectivity index is 2.07. The minimum atomic E-state index is -0.214. The van der Waals surface area contributed by atoms with Gasteiger partial charge < -0.3 is 10.2 Å². The van der Waals surface area contributed by atoms with Crippen molar-refractivity contribution in [3.05, 3.63) is 58.1 Å². The van der Waals surface area contributed by atoms with E-state index in [2.05, 4.69) is 5.32 Å². The predicted molar refractivity (Wildman–Crippen MR) is 98.9 cm³/mol. The molecule has 24 heavy (non-hydrogen) atoms. The summed E-state index contributed by atoms with van der Waals surface area (Å²) in [6.45, 7) is 3.57. The largest absolute Gasteiger partial charge is 0.325 e. The molecule has 2 aromatic carbocycles. The smallest absolute Gasteiger partial charge is 0.226 e. The van der Waals surface area contributed by atoms with Crippen LogP contribution < -0.4 is 10.2 Å². The van der Waals surface area contributed by atoms with Crippen molar-refractivity contribution in [2.75, 3.05) is 16.8 Å². The number of carbonyl (C=O) groups excluding carboxylic acids is 2. The number of carbonyl (C=O) groups is 2. The number of halogens is 2. The summed E-state index contributed by atoms with van der Waals surface area (Å²) in [5.41, 5.74) is 2.07. The zero-order valence-corrected chi connectivity index (χ0v) is 15.0. The summed E-state index contributed by atoms with van der Waals surface area (Å²) in [6, 6.07) is 12.4. The lowest BCUT2D eigenvalue weighted by Crippen LogP contribution is -2.32. The van der Waals surface area contributed by atoms with Crippen LogP contribution in [0.3, 0.4) is 0 Å². The molecule has 0 aliphatic heterocycles. The lowest BCUT2D eigenvalue weighted by Gasteiger charge is -2.23. The maximum atomic E-state index is 12.1. The molecule has 6 heteroatoms. The van der Waals surface area contributed by atoms with Crippen LogP contribution >= 0.6 is 23.2 Å². The Labute approximate surface area is 151 Å². The Morgan fingerprint density at radius 2 is 1.71 bits per heavy atom. The van der Waals surface area contributed by atoms with E-state index in [1.54, 1.807) is 41.3 Å². The highest BCUT2D eigenvalue weighted by atomic mass is 35.5. The number of para-hydroxylation sites is 1. The second-order valence-corrected chi connectivity index (χ2v) is 6.15. The van der Waals surface area contributed by atoms with E-state index in [4.69, 9.17) is 23.2 Å². The SMILES string of the molecule is CC(=O)N(CCC(=O)Nc1ccccc1Cl)c1cccc(Cl)c1C. The van der Waals surface area contributed by atoms with Gasteiger partial charge in [-0.15, -0.1) is 0 Å². The van der Waals surface area contributed by atoms with Gasteiger partial charge >= 0.3 is 0 Å². The zero-order valence-electron chi connectivity index (χ0n) is 13.5. The minimum absolute atomic E-state index is 0.147. The first kappa shape index (κ1) is 18.3. The van der Waals surface area contributed by atoms with Gasteiger partial charge in [0.1, 0.15) is 0 Å². The van der Waals surface area contributed by atoms with E-state index in [1.165, 1.54) is 6.92 Å². The molecule has 126 valence electrons. The molecule has 0 radical (unpaired) electrons. The lowest BCUT2D eigenvalue weighted by atomic mass is 10.1. The van der Waals surface area contributed by atoms with Crippen LogP contribution in [-0.4, -0.2) is 18.4 Å². The summed E-state index contributed by atoms with van der Waals surface area (Å²) in [7, 11) is 0. The molecule has 0 bridgehead atoms. The highest BCUT2D eigenvalue weighted by molar-refractivity contribution is 6.33. The van der Waals surface area contributed by atoms with Gasteiger partial charge in [-0.2, -0.15) is 0 Å². The van der Waals surface area contributed by atoms with E-state index in [1.807, 2.05) is 13.0 Å². The fourth-order valence-electron chi connectivity index (χ4n) is 2.32. The van der Waals surface area contributed by atoms with Gasteiger partial charge in [-0.3, -0.25) is 9.59 Å². The predicted octanol–water partition coefficient (Wildman–Crippen LogP) is 4.68. The van der Waals surface area contributed by atoms with Crippen molar-refractivity contribution >= 4 is 46.4 Å². The molecule has 0 saturated heterocycles. The molecule has 0 aromatic heterocycles. The van der Waals surface area contributed by atoms with E-state index in [9.17, 15) is 9.59 Å². The summed E-state index contributed by atoms with van der Waals surface area (Å²) in [4.78, 5) is 25.7. The van der Waals surface area contributed by atoms with Gasteiger partial charge in [-0.25, -0.2) is 0 Å². The Morgan fingerprint density at radius 1 is 1.04 bits per heavy atom. The zero-order chi connectivity index (χ0) is 17.7. The van der Waals surface area contributed by atoms with Gasteiger partial charge in [0.25, 0.3) is 0 Å². The summed E-state index contributed by atoms with van der Waals surface area (Å²) in [5, 5.41) is 3.80. The molecule has 0 spiro atoms. The van der Waals surface area contributed by atoms with E-state index < -0.39 is 0 Å². The van der Waals surface area contributed by atoms with Crippen LogP contribution in [0.5, 0.6) is 0 Å². The van der Waals surface area contributed by atoms with E-state index in [0.29, 0.717) is 21.4 Å². The molecular weight excluding hydrogens is 347 g/mol. The molecule has 2 aromatic rings. The van der Waals surface area contributed by atoms with E-state index in [0.717, 1.165) is 5.56 Å². The van der Waals surface area contributed by atoms with E-state index >= 15 is 0 Å². The Morgan fingerprint density at radius 3 is 2.38 bits per heavy atom. The summed E-state index contributed by atoms with van der Waals surface area (Å²) < 4.78 is 0. The van der Waals surface area contributed by atoms with Gasteiger partial charge in [-0.05, 0) is 36.8 Å². The fourth-order valence-corrected chi connectivity index (χ4v) is 2.68. The van der Waals surface area contributed by atoms with Crippen LogP contribution in [0.15, 0.2) is 42.5 Å². The summed E-state index contributed by atoms with van der Waals surface area (Å²) >= 11 is 12.1. The quantitative estimate of drug-likeness (QED) is 0.836. The van der Waals surface area contributed by atoms with Crippen molar-refractivity contribution in [1.29, 1.82) is 0 Å². The van der Waals surface area contributed by atoms with Crippen molar-refractivity contribution in [1.82, 2.24) is 0 Å². The van der Waals surface area contributed by atoms with Crippen molar-refractivity contribution in [2.24, 2.45) is 0 Å². The van der Waals surface area contributed by atoms with Crippen LogP contribution in [0.1, 0.15) is 18.9 Å². The third kappa shape index (κ3) is 4.49. The normalized spacial score (nSPS) is 10.3. The van der Waals surface area contributed by atoms with Gasteiger partial charge in [0, 0.05) is 30.6 Å². The first-order valence-electron chi connectivity index (χ1n) is 7.47. The maximum absolute atomic E-state index is 12.1. The number of amides is 2. The number of nitrogens with zero attached hydrogens (tertiary/aromatic N) is 1. The van der Waals surface area contributed by atoms with Gasteiger partial charge in [0.2, 0.25) is 11.8 Å². The van der Waals surface area contributed by atoms with Crippen molar-refractivity contribution in [3.8, 4) is 0 Å². The molecule has 0 aliphatic carbocycles. The molecule has 2 amide bonds. The number of anilines is 2. The molecule has 0 unspecified atom stereocenters. The fraction of sp³-hybridized carbons (Fsp3) is 0.222. The van der Waals surface area contributed by atoms with Crippen molar-refractivity contribution in [2.45, 2.75) is 20.3 Å². The topological polar surface area (TPSA) is 49.4 Å². The van der Waals surface area contributed by atoms with Gasteiger partial charge in [0.15, 0.2) is 0 Å². The van der Waals surface area contributed by atoms with Crippen LogP contribution in [0.2, 0.25) is 10.0 Å². The number of rotatable bonds is 5.